The average Bonchev–Trinajstić information content (AvgIpc) is 2.37. The summed E-state index contributed by atoms with van der Waals surface area (Å²) < 4.78 is 38.1. The first-order valence-corrected chi connectivity index (χ1v) is 5.24. The number of anilines is 1. The lowest BCUT2D eigenvalue weighted by atomic mass is 10.2. The summed E-state index contributed by atoms with van der Waals surface area (Å²) >= 11 is 0. The summed E-state index contributed by atoms with van der Waals surface area (Å²) in [6.45, 7) is -3.57. The Morgan fingerprint density at radius 1 is 1.47 bits per heavy atom. The van der Waals surface area contributed by atoms with Crippen LogP contribution < -0.4 is 14.8 Å². The predicted molar refractivity (Wildman–Crippen MR) is 61.7 cm³/mol. The molecule has 1 aromatic rings. The molecule has 6 nitrogen and oxygen atoms in total. The van der Waals surface area contributed by atoms with Gasteiger partial charge in [-0.15, -0.1) is 0 Å². The molecule has 0 saturated heterocycles. The quantitative estimate of drug-likeness (QED) is 0.829. The molecule has 8 heteroatoms. The lowest BCUT2D eigenvalue weighted by Gasteiger charge is -2.13. The van der Waals surface area contributed by atoms with Crippen molar-refractivity contribution in [3.05, 3.63) is 18.2 Å². The molecule has 1 rings (SSSR count). The number of carbonyl (C=O) groups excluding carboxylic acids is 1. The molecule has 0 spiro atoms. The molecule has 0 saturated carbocycles. The molecule has 0 aromatic heterocycles. The molecule has 0 radical (unpaired) electrons. The van der Waals surface area contributed by atoms with Crippen molar-refractivity contribution in [1.82, 2.24) is 0 Å². The van der Waals surface area contributed by atoms with Crippen LogP contribution in [0.1, 0.15) is 0 Å². The Morgan fingerprint density at radius 2 is 2.21 bits per heavy atom. The molecule has 19 heavy (non-hydrogen) atoms. The van der Waals surface area contributed by atoms with Crippen LogP contribution in [0.15, 0.2) is 18.2 Å². The van der Waals surface area contributed by atoms with Crippen molar-refractivity contribution < 1.29 is 32.9 Å². The summed E-state index contributed by atoms with van der Waals surface area (Å²) in [7, 11) is 1.39. The number of carbonyl (C=O) groups is 1. The number of halogens is 2. The largest absolute Gasteiger partial charge is 0.497 e. The van der Waals surface area contributed by atoms with Crippen molar-refractivity contribution >= 4 is 11.8 Å². The van der Waals surface area contributed by atoms with E-state index < -0.39 is 12.7 Å². The molecule has 0 aliphatic rings. The molecule has 2 N–H and O–H groups in total. The third-order valence-electron chi connectivity index (χ3n) is 1.96. The van der Waals surface area contributed by atoms with Crippen molar-refractivity contribution in [3.63, 3.8) is 0 Å². The molecule has 0 fully saturated rings. The Hall–Kier alpha value is -2.09. The highest BCUT2D eigenvalue weighted by Crippen LogP contribution is 2.30. The molecule has 1 aromatic carbocycles. The van der Waals surface area contributed by atoms with Crippen LogP contribution in [0, 0.1) is 0 Å². The van der Waals surface area contributed by atoms with Gasteiger partial charge in [0, 0.05) is 6.07 Å². The minimum Gasteiger partial charge on any atom is -0.497 e. The number of amides is 1. The fourth-order valence-electron chi connectivity index (χ4n) is 1.22. The number of aliphatic hydroxyl groups excluding tert-OH is 1. The number of nitrogens with one attached hydrogen (secondary N) is 1. The number of aliphatic hydroxyl groups is 1. The van der Waals surface area contributed by atoms with E-state index in [1.54, 1.807) is 0 Å². The van der Waals surface area contributed by atoms with Crippen molar-refractivity contribution in [3.8, 4) is 11.5 Å². The zero-order valence-corrected chi connectivity index (χ0v) is 10.1. The Bertz CT molecular complexity index is 428. The van der Waals surface area contributed by atoms with Gasteiger partial charge in [-0.1, -0.05) is 0 Å². The van der Waals surface area contributed by atoms with Crippen molar-refractivity contribution in [2.45, 2.75) is 6.61 Å². The lowest BCUT2D eigenvalue weighted by Crippen LogP contribution is -2.17. The van der Waals surface area contributed by atoms with Gasteiger partial charge in [0.1, 0.15) is 18.1 Å². The number of ether oxygens (including phenoxy) is 3. The first-order valence-electron chi connectivity index (χ1n) is 5.24. The van der Waals surface area contributed by atoms with Gasteiger partial charge >= 0.3 is 12.7 Å². The first kappa shape index (κ1) is 15.0. The summed E-state index contributed by atoms with van der Waals surface area (Å²) in [6.07, 6.45) is -0.901. The summed E-state index contributed by atoms with van der Waals surface area (Å²) in [5.41, 5.74) is -0.0254. The Kier molecular flexibility index (Phi) is 5.80. The van der Waals surface area contributed by atoms with Gasteiger partial charge < -0.3 is 19.3 Å². The van der Waals surface area contributed by atoms with Gasteiger partial charge in [-0.25, -0.2) is 4.79 Å². The molecule has 0 atom stereocenters. The number of benzene rings is 1. The van der Waals surface area contributed by atoms with Crippen LogP contribution in [0.2, 0.25) is 0 Å². The molecule has 0 bridgehead atoms. The Morgan fingerprint density at radius 3 is 2.79 bits per heavy atom. The Labute approximate surface area is 107 Å². The van der Waals surface area contributed by atoms with E-state index in [1.807, 2.05) is 0 Å². The zero-order valence-electron chi connectivity index (χ0n) is 10.1. The van der Waals surface area contributed by atoms with E-state index in [1.165, 1.54) is 25.3 Å². The minimum absolute atomic E-state index is 0.0254. The van der Waals surface area contributed by atoms with Crippen LogP contribution in [-0.2, 0) is 4.74 Å². The van der Waals surface area contributed by atoms with Crippen LogP contribution in [0.3, 0.4) is 0 Å². The minimum atomic E-state index is -3.03. The molecule has 0 heterocycles. The third-order valence-corrected chi connectivity index (χ3v) is 1.96. The summed E-state index contributed by atoms with van der Waals surface area (Å²) in [4.78, 5) is 11.3. The van der Waals surface area contributed by atoms with Crippen LogP contribution in [0.4, 0.5) is 19.3 Å². The second kappa shape index (κ2) is 7.37. The SMILES string of the molecule is COc1ccc(OC(F)F)c(NC(=O)OCCO)c1. The van der Waals surface area contributed by atoms with Gasteiger partial charge in [-0.2, -0.15) is 8.78 Å². The monoisotopic (exact) mass is 277 g/mol. The lowest BCUT2D eigenvalue weighted by molar-refractivity contribution is -0.0494. The maximum absolute atomic E-state index is 12.2. The molecule has 0 aliphatic heterocycles. The van der Waals surface area contributed by atoms with Gasteiger partial charge in [-0.3, -0.25) is 5.32 Å². The molecular formula is C11H13F2NO5. The number of methoxy groups -OCH3 is 1. The number of alkyl halides is 2. The number of rotatable bonds is 6. The zero-order chi connectivity index (χ0) is 14.3. The third kappa shape index (κ3) is 4.96. The second-order valence-electron chi connectivity index (χ2n) is 3.23. The van der Waals surface area contributed by atoms with Crippen LogP contribution in [0.25, 0.3) is 0 Å². The van der Waals surface area contributed by atoms with Crippen molar-refractivity contribution in [2.75, 3.05) is 25.6 Å². The summed E-state index contributed by atoms with van der Waals surface area (Å²) in [6, 6.07) is 3.94. The predicted octanol–water partition coefficient (Wildman–Crippen LogP) is 1.84. The summed E-state index contributed by atoms with van der Waals surface area (Å²) in [5, 5.41) is 10.7. The van der Waals surface area contributed by atoms with E-state index in [0.29, 0.717) is 5.75 Å². The standard InChI is InChI=1S/C11H13F2NO5/c1-17-7-2-3-9(19-10(12)13)8(6-7)14-11(16)18-5-4-15/h2-3,6,10,15H,4-5H2,1H3,(H,14,16). The van der Waals surface area contributed by atoms with Crippen LogP contribution in [-0.4, -0.2) is 38.1 Å². The smallest absolute Gasteiger partial charge is 0.411 e. The van der Waals surface area contributed by atoms with E-state index in [9.17, 15) is 13.6 Å². The first-order chi connectivity index (χ1) is 9.06. The van der Waals surface area contributed by atoms with Gasteiger partial charge in [0.15, 0.2) is 0 Å². The van der Waals surface area contributed by atoms with E-state index in [0.717, 1.165) is 0 Å². The molecule has 1 amide bonds. The van der Waals surface area contributed by atoms with E-state index in [-0.39, 0.29) is 24.7 Å². The van der Waals surface area contributed by atoms with Crippen LogP contribution in [0.5, 0.6) is 11.5 Å². The van der Waals surface area contributed by atoms with Gasteiger partial charge in [0.25, 0.3) is 0 Å². The number of hydrogen-bond acceptors (Lipinski definition) is 5. The van der Waals surface area contributed by atoms with Gasteiger partial charge in [-0.05, 0) is 12.1 Å². The molecule has 106 valence electrons. The van der Waals surface area contributed by atoms with Crippen molar-refractivity contribution in [1.29, 1.82) is 0 Å². The van der Waals surface area contributed by atoms with Crippen molar-refractivity contribution in [2.24, 2.45) is 0 Å². The van der Waals surface area contributed by atoms with E-state index in [2.05, 4.69) is 14.8 Å². The van der Waals surface area contributed by atoms with Crippen LogP contribution >= 0.6 is 0 Å². The second-order valence-corrected chi connectivity index (χ2v) is 3.23. The fourth-order valence-corrected chi connectivity index (χ4v) is 1.22. The number of hydrogen-bond donors (Lipinski definition) is 2. The highest BCUT2D eigenvalue weighted by molar-refractivity contribution is 5.87. The average molecular weight is 277 g/mol. The van der Waals surface area contributed by atoms with Gasteiger partial charge in [0.05, 0.1) is 19.4 Å². The molecule has 0 aliphatic carbocycles. The highest BCUT2D eigenvalue weighted by atomic mass is 19.3. The molecule has 0 unspecified atom stereocenters. The fraction of sp³-hybridized carbons (Fsp3) is 0.364. The van der Waals surface area contributed by atoms with E-state index >= 15 is 0 Å². The van der Waals surface area contributed by atoms with E-state index in [4.69, 9.17) is 9.84 Å². The maximum atomic E-state index is 12.2. The highest BCUT2D eigenvalue weighted by Gasteiger charge is 2.13. The van der Waals surface area contributed by atoms with Gasteiger partial charge in [0.2, 0.25) is 0 Å². The Balaban J connectivity index is 2.84. The topological polar surface area (TPSA) is 77.0 Å². The maximum Gasteiger partial charge on any atom is 0.411 e. The normalized spacial score (nSPS) is 10.2. The summed E-state index contributed by atoms with van der Waals surface area (Å²) in [5.74, 6) is 0.121. The molecular weight excluding hydrogens is 264 g/mol.